The van der Waals surface area contributed by atoms with Crippen LogP contribution in [0.5, 0.6) is 0 Å². The molecule has 0 saturated carbocycles. The second kappa shape index (κ2) is 9.24. The van der Waals surface area contributed by atoms with Gasteiger partial charge in [-0.1, -0.05) is 0 Å². The Morgan fingerprint density at radius 1 is 1.21 bits per heavy atom. The zero-order valence-corrected chi connectivity index (χ0v) is 9.55. The lowest BCUT2D eigenvalue weighted by molar-refractivity contribution is -0.129. The first kappa shape index (κ1) is 13.7. The van der Waals surface area contributed by atoms with Gasteiger partial charge in [0.2, 0.25) is 5.91 Å². The first-order valence-corrected chi connectivity index (χ1v) is 5.11. The van der Waals surface area contributed by atoms with Crippen molar-refractivity contribution in [2.24, 2.45) is 0 Å². The second-order valence-corrected chi connectivity index (χ2v) is 3.12. The van der Waals surface area contributed by atoms with Crippen molar-refractivity contribution in [2.45, 2.75) is 6.42 Å². The smallest absolute Gasteiger partial charge is 0.237 e. The monoisotopic (exact) mass is 223 g/mol. The fraction of sp³-hybridized carbons (Fsp3) is 0.889. The third-order valence-corrected chi connectivity index (χ3v) is 2.04. The Morgan fingerprint density at radius 2 is 1.86 bits per heavy atom. The predicted molar refractivity (Wildman–Crippen MR) is 55.7 cm³/mol. The number of ether oxygens (including phenoxy) is 2. The largest absolute Gasteiger partial charge is 0.385 e. The van der Waals surface area contributed by atoms with Crippen molar-refractivity contribution in [1.82, 2.24) is 4.90 Å². The molecule has 0 aromatic heterocycles. The maximum Gasteiger partial charge on any atom is 0.237 e. The van der Waals surface area contributed by atoms with Crippen molar-refractivity contribution in [3.05, 3.63) is 0 Å². The molecule has 1 amide bonds. The predicted octanol–water partition coefficient (Wildman–Crippen LogP) is 0.737. The van der Waals surface area contributed by atoms with E-state index in [1.165, 1.54) is 0 Å². The van der Waals surface area contributed by atoms with E-state index >= 15 is 0 Å². The molecule has 5 heteroatoms. The average Bonchev–Trinajstić information content (AvgIpc) is 2.22. The minimum Gasteiger partial charge on any atom is -0.385 e. The van der Waals surface area contributed by atoms with E-state index in [0.717, 1.165) is 6.42 Å². The number of carbonyl (C=O) groups is 1. The van der Waals surface area contributed by atoms with E-state index in [1.54, 1.807) is 19.1 Å². The highest BCUT2D eigenvalue weighted by molar-refractivity contribution is 6.27. The van der Waals surface area contributed by atoms with Crippen molar-refractivity contribution in [3.63, 3.8) is 0 Å². The van der Waals surface area contributed by atoms with Gasteiger partial charge in [0.15, 0.2) is 0 Å². The van der Waals surface area contributed by atoms with Crippen molar-refractivity contribution in [2.75, 3.05) is 46.4 Å². The molecule has 0 aliphatic heterocycles. The van der Waals surface area contributed by atoms with E-state index in [-0.39, 0.29) is 11.8 Å². The average molecular weight is 224 g/mol. The summed E-state index contributed by atoms with van der Waals surface area (Å²) in [5, 5.41) is 0. The number of hydrogen-bond acceptors (Lipinski definition) is 3. The number of nitrogens with zero attached hydrogens (tertiary/aromatic N) is 1. The van der Waals surface area contributed by atoms with Gasteiger partial charge in [0.25, 0.3) is 0 Å². The number of rotatable bonds is 8. The van der Waals surface area contributed by atoms with Crippen LogP contribution in [0.4, 0.5) is 0 Å². The van der Waals surface area contributed by atoms with Crippen LogP contribution < -0.4 is 0 Å². The Kier molecular flexibility index (Phi) is 9.03. The zero-order chi connectivity index (χ0) is 10.8. The van der Waals surface area contributed by atoms with Gasteiger partial charge in [-0.25, -0.2) is 0 Å². The summed E-state index contributed by atoms with van der Waals surface area (Å²) in [4.78, 5) is 13.0. The Labute approximate surface area is 90.1 Å². The molecule has 0 radical (unpaired) electrons. The Hall–Kier alpha value is -0.320. The van der Waals surface area contributed by atoms with Crippen LogP contribution in [0.15, 0.2) is 0 Å². The molecule has 0 aliphatic rings. The van der Waals surface area contributed by atoms with E-state index in [0.29, 0.717) is 26.3 Å². The summed E-state index contributed by atoms with van der Waals surface area (Å²) >= 11 is 5.48. The summed E-state index contributed by atoms with van der Waals surface area (Å²) in [6.07, 6.45) is 0.822. The van der Waals surface area contributed by atoms with Crippen molar-refractivity contribution in [1.29, 1.82) is 0 Å². The molecule has 0 fully saturated rings. The number of alkyl halides is 1. The molecule has 4 nitrogen and oxygen atoms in total. The first-order valence-electron chi connectivity index (χ1n) is 4.57. The van der Waals surface area contributed by atoms with Crippen LogP contribution in [-0.2, 0) is 14.3 Å². The van der Waals surface area contributed by atoms with Gasteiger partial charge < -0.3 is 14.4 Å². The summed E-state index contributed by atoms with van der Waals surface area (Å²) in [7, 11) is 3.25. The Balaban J connectivity index is 3.78. The number of hydrogen-bond donors (Lipinski definition) is 0. The number of methoxy groups -OCH3 is 2. The lowest BCUT2D eigenvalue weighted by atomic mass is 10.4. The summed E-state index contributed by atoms with van der Waals surface area (Å²) in [5.41, 5.74) is 0. The van der Waals surface area contributed by atoms with Crippen LogP contribution in [-0.4, -0.2) is 57.2 Å². The number of halogens is 1. The van der Waals surface area contributed by atoms with Crippen molar-refractivity contribution >= 4 is 17.5 Å². The van der Waals surface area contributed by atoms with Gasteiger partial charge in [-0.3, -0.25) is 4.79 Å². The summed E-state index contributed by atoms with van der Waals surface area (Å²) < 4.78 is 9.81. The standard InChI is InChI=1S/C9H18ClNO3/c1-13-6-3-4-11(5-7-14-2)9(12)8-10/h3-8H2,1-2H3. The summed E-state index contributed by atoms with van der Waals surface area (Å²) in [6.45, 7) is 2.45. The van der Waals surface area contributed by atoms with Crippen LogP contribution in [0.25, 0.3) is 0 Å². The zero-order valence-electron chi connectivity index (χ0n) is 8.79. The Morgan fingerprint density at radius 3 is 2.36 bits per heavy atom. The fourth-order valence-electron chi connectivity index (χ4n) is 1.05. The van der Waals surface area contributed by atoms with E-state index < -0.39 is 0 Å². The van der Waals surface area contributed by atoms with E-state index in [2.05, 4.69) is 0 Å². The molecule has 0 aromatic rings. The van der Waals surface area contributed by atoms with Crippen LogP contribution in [0, 0.1) is 0 Å². The van der Waals surface area contributed by atoms with E-state index in [1.807, 2.05) is 0 Å². The first-order chi connectivity index (χ1) is 6.76. The SMILES string of the molecule is COCCCN(CCOC)C(=O)CCl. The minimum absolute atomic E-state index is 0.0245. The van der Waals surface area contributed by atoms with Gasteiger partial charge in [-0.15, -0.1) is 11.6 Å². The van der Waals surface area contributed by atoms with Gasteiger partial charge >= 0.3 is 0 Å². The molecule has 0 bridgehead atoms. The Bertz CT molecular complexity index is 155. The quantitative estimate of drug-likeness (QED) is 0.450. The summed E-state index contributed by atoms with van der Waals surface area (Å²) in [6, 6.07) is 0. The van der Waals surface area contributed by atoms with Gasteiger partial charge in [-0.2, -0.15) is 0 Å². The molecule has 0 spiro atoms. The van der Waals surface area contributed by atoms with Crippen molar-refractivity contribution in [3.8, 4) is 0 Å². The van der Waals surface area contributed by atoms with Gasteiger partial charge in [0.05, 0.1) is 6.61 Å². The third kappa shape index (κ3) is 6.18. The van der Waals surface area contributed by atoms with Gasteiger partial charge in [0.1, 0.15) is 5.88 Å². The van der Waals surface area contributed by atoms with E-state index in [9.17, 15) is 4.79 Å². The topological polar surface area (TPSA) is 38.8 Å². The molecule has 0 atom stereocenters. The van der Waals surface area contributed by atoms with Crippen molar-refractivity contribution < 1.29 is 14.3 Å². The lowest BCUT2D eigenvalue weighted by Gasteiger charge is -2.21. The lowest BCUT2D eigenvalue weighted by Crippen LogP contribution is -2.36. The third-order valence-electron chi connectivity index (χ3n) is 1.81. The molecule has 0 heterocycles. The van der Waals surface area contributed by atoms with Gasteiger partial charge in [-0.05, 0) is 6.42 Å². The van der Waals surface area contributed by atoms with Crippen LogP contribution >= 0.6 is 11.6 Å². The molecule has 0 saturated heterocycles. The summed E-state index contributed by atoms with van der Waals surface area (Å²) in [5.74, 6) is -0.0312. The highest BCUT2D eigenvalue weighted by atomic mass is 35.5. The molecular formula is C9H18ClNO3. The van der Waals surface area contributed by atoms with E-state index in [4.69, 9.17) is 21.1 Å². The molecule has 0 N–H and O–H groups in total. The van der Waals surface area contributed by atoms with Gasteiger partial charge in [0, 0.05) is 33.9 Å². The highest BCUT2D eigenvalue weighted by Crippen LogP contribution is 1.95. The molecular weight excluding hydrogens is 206 g/mol. The second-order valence-electron chi connectivity index (χ2n) is 2.85. The minimum atomic E-state index is -0.0557. The maximum absolute atomic E-state index is 11.3. The molecule has 0 aliphatic carbocycles. The normalized spacial score (nSPS) is 10.2. The molecule has 0 rings (SSSR count). The number of amides is 1. The van der Waals surface area contributed by atoms with Crippen LogP contribution in [0.1, 0.15) is 6.42 Å². The van der Waals surface area contributed by atoms with Crippen LogP contribution in [0.3, 0.4) is 0 Å². The molecule has 0 aromatic carbocycles. The van der Waals surface area contributed by atoms with Crippen LogP contribution in [0.2, 0.25) is 0 Å². The molecule has 0 unspecified atom stereocenters. The highest BCUT2D eigenvalue weighted by Gasteiger charge is 2.10. The number of carbonyl (C=O) groups excluding carboxylic acids is 1. The fourth-order valence-corrected chi connectivity index (χ4v) is 1.22. The molecule has 14 heavy (non-hydrogen) atoms. The molecule has 84 valence electrons. The maximum atomic E-state index is 11.3.